The van der Waals surface area contributed by atoms with E-state index in [1.807, 2.05) is 0 Å². The van der Waals surface area contributed by atoms with Crippen LogP contribution in [-0.2, 0) is 24.0 Å². The maximum absolute atomic E-state index is 12.5. The molecule has 158 valence electrons. The summed E-state index contributed by atoms with van der Waals surface area (Å²) in [5.74, 6) is -4.41. The van der Waals surface area contributed by atoms with Crippen molar-refractivity contribution in [2.24, 2.45) is 0 Å². The van der Waals surface area contributed by atoms with Gasteiger partial charge < -0.3 is 31.5 Å². The molecular weight excluding hydrogens is 392 g/mol. The SMILES string of the molecule is CC(NC(=O)C(CS)NC(=O)C(CCC(=O)O)NC(=O)C1CCCN1)C(=O)O. The molecule has 1 heterocycles. The predicted molar refractivity (Wildman–Crippen MR) is 101 cm³/mol. The highest BCUT2D eigenvalue weighted by Crippen LogP contribution is 2.07. The van der Waals surface area contributed by atoms with Crippen LogP contribution in [0.25, 0.3) is 0 Å². The summed E-state index contributed by atoms with van der Waals surface area (Å²) in [5.41, 5.74) is 0. The molecule has 3 amide bonds. The van der Waals surface area contributed by atoms with Crippen LogP contribution in [0.3, 0.4) is 0 Å². The Balaban J connectivity index is 2.75. The Morgan fingerprint density at radius 2 is 1.71 bits per heavy atom. The Hall–Kier alpha value is -2.34. The van der Waals surface area contributed by atoms with Crippen LogP contribution >= 0.6 is 12.6 Å². The molecule has 0 saturated carbocycles. The number of hydrogen-bond acceptors (Lipinski definition) is 7. The van der Waals surface area contributed by atoms with Crippen LogP contribution in [0.2, 0.25) is 0 Å². The Morgan fingerprint density at radius 3 is 2.21 bits per heavy atom. The Bertz CT molecular complexity index is 610. The number of hydrogen-bond donors (Lipinski definition) is 7. The third-order valence-corrected chi connectivity index (χ3v) is 4.57. The highest BCUT2D eigenvalue weighted by atomic mass is 32.1. The van der Waals surface area contributed by atoms with Gasteiger partial charge >= 0.3 is 11.9 Å². The Kier molecular flexibility index (Phi) is 9.73. The summed E-state index contributed by atoms with van der Waals surface area (Å²) in [4.78, 5) is 58.6. The fourth-order valence-corrected chi connectivity index (χ4v) is 2.82. The van der Waals surface area contributed by atoms with E-state index in [0.717, 1.165) is 6.42 Å². The number of rotatable bonds is 11. The van der Waals surface area contributed by atoms with Crippen molar-refractivity contribution < 1.29 is 34.2 Å². The van der Waals surface area contributed by atoms with Gasteiger partial charge in [-0.05, 0) is 32.7 Å². The van der Waals surface area contributed by atoms with E-state index in [-0.39, 0.29) is 18.6 Å². The van der Waals surface area contributed by atoms with Crippen molar-refractivity contribution in [3.8, 4) is 0 Å². The molecule has 4 atom stereocenters. The molecule has 6 N–H and O–H groups in total. The van der Waals surface area contributed by atoms with E-state index in [0.29, 0.717) is 13.0 Å². The zero-order chi connectivity index (χ0) is 21.3. The fourth-order valence-electron chi connectivity index (χ4n) is 2.56. The molecule has 0 aliphatic carbocycles. The number of carboxylic acid groups (broad SMARTS) is 2. The van der Waals surface area contributed by atoms with Crippen LogP contribution in [-0.4, -0.2) is 76.3 Å². The minimum Gasteiger partial charge on any atom is -0.481 e. The van der Waals surface area contributed by atoms with Crippen LogP contribution in [0.5, 0.6) is 0 Å². The monoisotopic (exact) mass is 418 g/mol. The number of carboxylic acids is 2. The first-order valence-electron chi connectivity index (χ1n) is 8.85. The second-order valence-electron chi connectivity index (χ2n) is 6.45. The average molecular weight is 418 g/mol. The molecule has 1 aliphatic rings. The van der Waals surface area contributed by atoms with Crippen molar-refractivity contribution in [3.63, 3.8) is 0 Å². The molecule has 0 bridgehead atoms. The predicted octanol–water partition coefficient (Wildman–Crippen LogP) is -1.91. The summed E-state index contributed by atoms with van der Waals surface area (Å²) in [6.45, 7) is 1.94. The molecule has 0 aromatic heterocycles. The van der Waals surface area contributed by atoms with Crippen molar-refractivity contribution >= 4 is 42.3 Å². The van der Waals surface area contributed by atoms with Crippen LogP contribution in [0.1, 0.15) is 32.6 Å². The lowest BCUT2D eigenvalue weighted by atomic mass is 10.1. The first kappa shape index (κ1) is 23.7. The van der Waals surface area contributed by atoms with Gasteiger partial charge in [0.1, 0.15) is 18.1 Å². The van der Waals surface area contributed by atoms with Gasteiger partial charge in [-0.15, -0.1) is 0 Å². The zero-order valence-electron chi connectivity index (χ0n) is 15.4. The number of amides is 3. The molecule has 1 saturated heterocycles. The average Bonchev–Trinajstić information content (AvgIpc) is 3.17. The smallest absolute Gasteiger partial charge is 0.325 e. The van der Waals surface area contributed by atoms with Crippen LogP contribution in [0, 0.1) is 0 Å². The topological polar surface area (TPSA) is 174 Å². The van der Waals surface area contributed by atoms with Gasteiger partial charge in [0.05, 0.1) is 6.04 Å². The van der Waals surface area contributed by atoms with E-state index < -0.39 is 53.8 Å². The third kappa shape index (κ3) is 7.72. The standard InChI is InChI=1S/C16H26N4O7S/c1-8(16(26)27)18-15(25)11(7-28)20-14(24)10(4-5-12(21)22)19-13(23)9-3-2-6-17-9/h8-11,17,28H,2-7H2,1H3,(H,18,25)(H,19,23)(H,20,24)(H,21,22)(H,26,27). The lowest BCUT2D eigenvalue weighted by Crippen LogP contribution is -2.57. The van der Waals surface area contributed by atoms with E-state index in [1.54, 1.807) is 0 Å². The van der Waals surface area contributed by atoms with Gasteiger partial charge in [0.2, 0.25) is 17.7 Å². The highest BCUT2D eigenvalue weighted by Gasteiger charge is 2.30. The molecule has 11 nitrogen and oxygen atoms in total. The molecule has 0 spiro atoms. The summed E-state index contributed by atoms with van der Waals surface area (Å²) in [6.07, 6.45) is 0.901. The first-order valence-corrected chi connectivity index (χ1v) is 9.49. The number of nitrogens with one attached hydrogen (secondary N) is 4. The molecule has 12 heteroatoms. The first-order chi connectivity index (χ1) is 13.1. The molecular formula is C16H26N4O7S. The molecule has 1 aliphatic heterocycles. The van der Waals surface area contributed by atoms with Gasteiger partial charge in [-0.2, -0.15) is 12.6 Å². The largest absolute Gasteiger partial charge is 0.481 e. The maximum atomic E-state index is 12.5. The minimum absolute atomic E-state index is 0.117. The van der Waals surface area contributed by atoms with E-state index in [1.165, 1.54) is 6.92 Å². The second-order valence-corrected chi connectivity index (χ2v) is 6.82. The number of thiol groups is 1. The van der Waals surface area contributed by atoms with E-state index >= 15 is 0 Å². The van der Waals surface area contributed by atoms with Gasteiger partial charge in [0.25, 0.3) is 0 Å². The van der Waals surface area contributed by atoms with Gasteiger partial charge in [0, 0.05) is 12.2 Å². The summed E-state index contributed by atoms with van der Waals surface area (Å²) >= 11 is 3.98. The van der Waals surface area contributed by atoms with Crippen molar-refractivity contribution in [1.29, 1.82) is 0 Å². The summed E-state index contributed by atoms with van der Waals surface area (Å²) in [5, 5.41) is 27.8. The zero-order valence-corrected chi connectivity index (χ0v) is 16.3. The molecule has 1 rings (SSSR count). The number of aliphatic carboxylic acids is 2. The molecule has 0 radical (unpaired) electrons. The van der Waals surface area contributed by atoms with Crippen molar-refractivity contribution in [2.45, 2.75) is 56.8 Å². The van der Waals surface area contributed by atoms with Gasteiger partial charge in [0.15, 0.2) is 0 Å². The Morgan fingerprint density at radius 1 is 1.07 bits per heavy atom. The lowest BCUT2D eigenvalue weighted by molar-refractivity contribution is -0.141. The van der Waals surface area contributed by atoms with Gasteiger partial charge in [-0.25, -0.2) is 0 Å². The summed E-state index contributed by atoms with van der Waals surface area (Å²) in [7, 11) is 0. The van der Waals surface area contributed by atoms with Gasteiger partial charge in [-0.3, -0.25) is 24.0 Å². The summed E-state index contributed by atoms with van der Waals surface area (Å²) in [6, 6.07) is -3.92. The number of carbonyl (C=O) groups excluding carboxylic acids is 3. The summed E-state index contributed by atoms with van der Waals surface area (Å²) < 4.78 is 0. The number of carbonyl (C=O) groups is 5. The second kappa shape index (κ2) is 11.5. The van der Waals surface area contributed by atoms with Crippen LogP contribution in [0.4, 0.5) is 0 Å². The normalized spacial score (nSPS) is 19.1. The van der Waals surface area contributed by atoms with Gasteiger partial charge in [-0.1, -0.05) is 0 Å². The molecule has 0 aromatic carbocycles. The van der Waals surface area contributed by atoms with Crippen LogP contribution in [0.15, 0.2) is 0 Å². The molecule has 28 heavy (non-hydrogen) atoms. The highest BCUT2D eigenvalue weighted by molar-refractivity contribution is 7.80. The van der Waals surface area contributed by atoms with E-state index in [4.69, 9.17) is 10.2 Å². The van der Waals surface area contributed by atoms with Crippen molar-refractivity contribution in [3.05, 3.63) is 0 Å². The quantitative estimate of drug-likeness (QED) is 0.190. The maximum Gasteiger partial charge on any atom is 0.325 e. The molecule has 4 unspecified atom stereocenters. The van der Waals surface area contributed by atoms with Crippen molar-refractivity contribution in [2.75, 3.05) is 12.3 Å². The van der Waals surface area contributed by atoms with E-state index in [2.05, 4.69) is 33.9 Å². The van der Waals surface area contributed by atoms with Crippen LogP contribution < -0.4 is 21.3 Å². The van der Waals surface area contributed by atoms with E-state index in [9.17, 15) is 24.0 Å². The lowest BCUT2D eigenvalue weighted by Gasteiger charge is -2.23. The fraction of sp³-hybridized carbons (Fsp3) is 0.688. The molecule has 0 aromatic rings. The molecule has 1 fully saturated rings. The Labute approximate surface area is 167 Å². The van der Waals surface area contributed by atoms with Crippen molar-refractivity contribution in [1.82, 2.24) is 21.3 Å². The third-order valence-electron chi connectivity index (χ3n) is 4.20. The minimum atomic E-state index is -1.24.